The maximum Gasteiger partial charge on any atom is 0.150 e. The van der Waals surface area contributed by atoms with Gasteiger partial charge >= 0.3 is 0 Å². The highest BCUT2D eigenvalue weighted by Gasteiger charge is 2.01. The molecule has 4 heteroatoms. The third-order valence-electron chi connectivity index (χ3n) is 2.03. The molecule has 2 aromatic rings. The van der Waals surface area contributed by atoms with E-state index < -0.39 is 0 Å². The van der Waals surface area contributed by atoms with E-state index in [1.807, 2.05) is 19.1 Å². The van der Waals surface area contributed by atoms with Crippen molar-refractivity contribution in [1.29, 1.82) is 0 Å². The largest absolute Gasteiger partial charge is 0.298 e. The Hall–Kier alpha value is -1.97. The molecule has 0 N–H and O–H groups in total. The molecule has 4 nitrogen and oxygen atoms in total. The summed E-state index contributed by atoms with van der Waals surface area (Å²) in [6, 6.07) is 5.44. The van der Waals surface area contributed by atoms with Crippen LogP contribution in [-0.4, -0.2) is 21.3 Å². The Morgan fingerprint density at radius 1 is 1.43 bits per heavy atom. The molecule has 70 valence electrons. The van der Waals surface area contributed by atoms with Crippen molar-refractivity contribution in [3.05, 3.63) is 41.7 Å². The molecular weight excluding hydrogens is 178 g/mol. The number of aromatic nitrogens is 3. The van der Waals surface area contributed by atoms with E-state index in [9.17, 15) is 4.79 Å². The predicted molar refractivity (Wildman–Crippen MR) is 51.5 cm³/mol. The summed E-state index contributed by atoms with van der Waals surface area (Å²) in [6.45, 7) is 1.93. The summed E-state index contributed by atoms with van der Waals surface area (Å²) in [7, 11) is 0. The third-order valence-corrected chi connectivity index (χ3v) is 2.03. The molecule has 1 aromatic carbocycles. The maximum atomic E-state index is 10.5. The van der Waals surface area contributed by atoms with E-state index in [2.05, 4.69) is 10.3 Å². The van der Waals surface area contributed by atoms with Gasteiger partial charge < -0.3 is 0 Å². The zero-order valence-electron chi connectivity index (χ0n) is 7.71. The molecule has 14 heavy (non-hydrogen) atoms. The van der Waals surface area contributed by atoms with Gasteiger partial charge in [-0.15, -0.1) is 5.10 Å². The molecule has 1 aromatic heterocycles. The Labute approximate surface area is 81.2 Å². The number of benzene rings is 1. The standard InChI is InChI=1S/C10H9N3O/c1-8-6-9(7-14)2-3-10(8)13-5-4-11-12-13/h2-7H,1H3. The van der Waals surface area contributed by atoms with Crippen molar-refractivity contribution >= 4 is 6.29 Å². The summed E-state index contributed by atoms with van der Waals surface area (Å²) in [6.07, 6.45) is 4.22. The van der Waals surface area contributed by atoms with Crippen molar-refractivity contribution in [3.8, 4) is 5.69 Å². The first-order valence-electron chi connectivity index (χ1n) is 4.24. The van der Waals surface area contributed by atoms with Crippen molar-refractivity contribution in [2.75, 3.05) is 0 Å². The van der Waals surface area contributed by atoms with Gasteiger partial charge in [0.1, 0.15) is 6.29 Å². The van der Waals surface area contributed by atoms with Crippen LogP contribution in [0.15, 0.2) is 30.6 Å². The average Bonchev–Trinajstić information content (AvgIpc) is 2.70. The van der Waals surface area contributed by atoms with Crippen LogP contribution in [0, 0.1) is 6.92 Å². The van der Waals surface area contributed by atoms with E-state index in [1.54, 1.807) is 23.1 Å². The second-order valence-corrected chi connectivity index (χ2v) is 3.01. The number of rotatable bonds is 2. The molecule has 2 rings (SSSR count). The molecule has 1 heterocycles. The Morgan fingerprint density at radius 2 is 2.29 bits per heavy atom. The molecule has 0 amide bonds. The predicted octanol–water partition coefficient (Wildman–Crippen LogP) is 1.39. The topological polar surface area (TPSA) is 47.8 Å². The number of nitrogens with zero attached hydrogens (tertiary/aromatic N) is 3. The van der Waals surface area contributed by atoms with E-state index in [4.69, 9.17) is 0 Å². The summed E-state index contributed by atoms with van der Waals surface area (Å²) in [4.78, 5) is 10.5. The molecule has 0 fully saturated rings. The summed E-state index contributed by atoms with van der Waals surface area (Å²) >= 11 is 0. The smallest absolute Gasteiger partial charge is 0.150 e. The molecule has 0 spiro atoms. The van der Waals surface area contributed by atoms with E-state index in [-0.39, 0.29) is 0 Å². The molecular formula is C10H9N3O. The van der Waals surface area contributed by atoms with Gasteiger partial charge in [-0.25, -0.2) is 4.68 Å². The highest BCUT2D eigenvalue weighted by Crippen LogP contribution is 2.13. The minimum Gasteiger partial charge on any atom is -0.298 e. The Kier molecular flexibility index (Phi) is 2.10. The van der Waals surface area contributed by atoms with Crippen molar-refractivity contribution in [1.82, 2.24) is 15.0 Å². The van der Waals surface area contributed by atoms with Crippen LogP contribution in [0.4, 0.5) is 0 Å². The van der Waals surface area contributed by atoms with E-state index in [1.165, 1.54) is 0 Å². The van der Waals surface area contributed by atoms with Gasteiger partial charge in [-0.2, -0.15) is 0 Å². The van der Waals surface area contributed by atoms with Crippen molar-refractivity contribution in [2.24, 2.45) is 0 Å². The van der Waals surface area contributed by atoms with Crippen LogP contribution < -0.4 is 0 Å². The zero-order valence-corrected chi connectivity index (χ0v) is 7.71. The molecule has 0 atom stereocenters. The van der Waals surface area contributed by atoms with Gasteiger partial charge in [-0.1, -0.05) is 5.21 Å². The Balaban J connectivity index is 2.51. The lowest BCUT2D eigenvalue weighted by molar-refractivity contribution is 0.112. The zero-order chi connectivity index (χ0) is 9.97. The van der Waals surface area contributed by atoms with Gasteiger partial charge in [-0.3, -0.25) is 4.79 Å². The monoisotopic (exact) mass is 187 g/mol. The first kappa shape index (κ1) is 8.62. The highest BCUT2D eigenvalue weighted by atomic mass is 16.1. The van der Waals surface area contributed by atoms with Crippen LogP contribution in [-0.2, 0) is 0 Å². The van der Waals surface area contributed by atoms with Crippen LogP contribution in [0.5, 0.6) is 0 Å². The lowest BCUT2D eigenvalue weighted by Crippen LogP contribution is -1.98. The summed E-state index contributed by atoms with van der Waals surface area (Å²) in [5.74, 6) is 0. The quantitative estimate of drug-likeness (QED) is 0.667. The summed E-state index contributed by atoms with van der Waals surface area (Å²) < 4.78 is 1.67. The first-order valence-corrected chi connectivity index (χ1v) is 4.24. The van der Waals surface area contributed by atoms with Crippen LogP contribution >= 0.6 is 0 Å². The first-order chi connectivity index (χ1) is 6.81. The van der Waals surface area contributed by atoms with E-state index in [0.717, 1.165) is 17.5 Å². The third kappa shape index (κ3) is 1.42. The number of hydrogen-bond donors (Lipinski definition) is 0. The second kappa shape index (κ2) is 3.41. The number of hydrogen-bond acceptors (Lipinski definition) is 3. The van der Waals surface area contributed by atoms with E-state index in [0.29, 0.717) is 5.56 Å². The van der Waals surface area contributed by atoms with Gasteiger partial charge in [0.2, 0.25) is 0 Å². The van der Waals surface area contributed by atoms with Crippen molar-refractivity contribution in [2.45, 2.75) is 6.92 Å². The normalized spacial score (nSPS) is 10.1. The van der Waals surface area contributed by atoms with Gasteiger partial charge in [0.25, 0.3) is 0 Å². The average molecular weight is 187 g/mol. The number of carbonyl (C=O) groups is 1. The number of aryl methyl sites for hydroxylation is 1. The second-order valence-electron chi connectivity index (χ2n) is 3.01. The molecule has 0 aliphatic carbocycles. The van der Waals surface area contributed by atoms with Gasteiger partial charge in [0, 0.05) is 5.56 Å². The number of aldehydes is 1. The fourth-order valence-corrected chi connectivity index (χ4v) is 1.35. The Morgan fingerprint density at radius 3 is 2.86 bits per heavy atom. The lowest BCUT2D eigenvalue weighted by atomic mass is 10.1. The fourth-order valence-electron chi connectivity index (χ4n) is 1.35. The van der Waals surface area contributed by atoms with Gasteiger partial charge in [0.05, 0.1) is 18.1 Å². The molecule has 0 saturated heterocycles. The lowest BCUT2D eigenvalue weighted by Gasteiger charge is -2.04. The SMILES string of the molecule is Cc1cc(C=O)ccc1-n1ccnn1. The molecule has 0 unspecified atom stereocenters. The van der Waals surface area contributed by atoms with Crippen LogP contribution in [0.1, 0.15) is 15.9 Å². The van der Waals surface area contributed by atoms with Crippen LogP contribution in [0.3, 0.4) is 0 Å². The Bertz CT molecular complexity index is 448. The highest BCUT2D eigenvalue weighted by molar-refractivity contribution is 5.75. The minimum absolute atomic E-state index is 0.673. The van der Waals surface area contributed by atoms with Gasteiger partial charge in [0.15, 0.2) is 0 Å². The fraction of sp³-hybridized carbons (Fsp3) is 0.100. The van der Waals surface area contributed by atoms with Crippen LogP contribution in [0.25, 0.3) is 5.69 Å². The summed E-state index contributed by atoms with van der Waals surface area (Å²) in [5, 5.41) is 7.61. The molecule has 0 aliphatic rings. The van der Waals surface area contributed by atoms with Crippen molar-refractivity contribution < 1.29 is 4.79 Å². The molecule has 0 radical (unpaired) electrons. The maximum absolute atomic E-state index is 10.5. The van der Waals surface area contributed by atoms with Gasteiger partial charge in [-0.05, 0) is 30.7 Å². The molecule has 0 aliphatic heterocycles. The number of carbonyl (C=O) groups excluding carboxylic acids is 1. The molecule has 0 saturated carbocycles. The molecule has 0 bridgehead atoms. The summed E-state index contributed by atoms with van der Waals surface area (Å²) in [5.41, 5.74) is 2.61. The minimum atomic E-state index is 0.673. The van der Waals surface area contributed by atoms with Crippen LogP contribution in [0.2, 0.25) is 0 Å². The van der Waals surface area contributed by atoms with Crippen molar-refractivity contribution in [3.63, 3.8) is 0 Å². The van der Waals surface area contributed by atoms with E-state index >= 15 is 0 Å².